The molecular weight excluding hydrogens is 397 g/mol. The monoisotopic (exact) mass is 413 g/mol. The third kappa shape index (κ3) is 3.25. The van der Waals surface area contributed by atoms with Crippen LogP contribution < -0.4 is 5.73 Å². The van der Waals surface area contributed by atoms with Gasteiger partial charge in [0.25, 0.3) is 0 Å². The molecule has 0 saturated carbocycles. The number of nitrogens with zero attached hydrogens (tertiary/aromatic N) is 4. The largest absolute Gasteiger partial charge is 0.368 e. The second-order valence-electron chi connectivity index (χ2n) is 6.48. The van der Waals surface area contributed by atoms with Crippen molar-refractivity contribution in [3.8, 4) is 11.1 Å². The predicted octanol–water partition coefficient (Wildman–Crippen LogP) is 5.14. The van der Waals surface area contributed by atoms with Gasteiger partial charge in [0.15, 0.2) is 5.76 Å². The van der Waals surface area contributed by atoms with Crippen molar-refractivity contribution in [2.75, 3.05) is 5.73 Å². The van der Waals surface area contributed by atoms with Gasteiger partial charge in [0.05, 0.1) is 23.2 Å². The topological polar surface area (TPSA) is 78.3 Å². The predicted molar refractivity (Wildman–Crippen MR) is 113 cm³/mol. The molecular formula is C20H17Cl2N5O. The summed E-state index contributed by atoms with van der Waals surface area (Å²) in [6.07, 6.45) is 3.56. The Hall–Kier alpha value is -2.83. The van der Waals surface area contributed by atoms with Gasteiger partial charge in [0.2, 0.25) is 5.95 Å². The van der Waals surface area contributed by atoms with Gasteiger partial charge in [-0.2, -0.15) is 4.98 Å². The SMILES string of the molecule is CC1=C(Cl)C(C)=C(Cn2cc(-c3ccccc3)c3c(Cl)nc(N)nc32)ON=C1. The van der Waals surface area contributed by atoms with Crippen molar-refractivity contribution in [2.45, 2.75) is 20.4 Å². The summed E-state index contributed by atoms with van der Waals surface area (Å²) in [5, 5.41) is 5.64. The molecule has 0 bridgehead atoms. The molecule has 0 radical (unpaired) electrons. The molecule has 1 aromatic carbocycles. The molecule has 8 heteroatoms. The molecule has 1 aliphatic rings. The van der Waals surface area contributed by atoms with Gasteiger partial charge in [0, 0.05) is 17.3 Å². The maximum Gasteiger partial charge on any atom is 0.223 e. The van der Waals surface area contributed by atoms with Crippen LogP contribution in [0.4, 0.5) is 5.95 Å². The smallest absolute Gasteiger partial charge is 0.223 e. The Balaban J connectivity index is 1.90. The van der Waals surface area contributed by atoms with E-state index in [4.69, 9.17) is 33.8 Å². The first-order valence-electron chi connectivity index (χ1n) is 8.60. The first kappa shape index (κ1) is 18.5. The van der Waals surface area contributed by atoms with E-state index in [0.29, 0.717) is 28.1 Å². The van der Waals surface area contributed by atoms with Gasteiger partial charge in [-0.25, -0.2) is 4.98 Å². The summed E-state index contributed by atoms with van der Waals surface area (Å²) in [6, 6.07) is 9.90. The Kier molecular flexibility index (Phi) is 4.83. The van der Waals surface area contributed by atoms with Gasteiger partial charge in [-0.3, -0.25) is 0 Å². The molecule has 0 atom stereocenters. The van der Waals surface area contributed by atoms with Crippen LogP contribution in [0.25, 0.3) is 22.2 Å². The minimum Gasteiger partial charge on any atom is -0.368 e. The third-order valence-corrected chi connectivity index (χ3v) is 5.45. The fourth-order valence-corrected chi connectivity index (χ4v) is 3.56. The van der Waals surface area contributed by atoms with E-state index in [9.17, 15) is 0 Å². The molecule has 0 fully saturated rings. The van der Waals surface area contributed by atoms with Gasteiger partial charge >= 0.3 is 0 Å². The van der Waals surface area contributed by atoms with Gasteiger partial charge in [-0.15, -0.1) is 0 Å². The van der Waals surface area contributed by atoms with Gasteiger partial charge in [0.1, 0.15) is 10.8 Å². The highest BCUT2D eigenvalue weighted by molar-refractivity contribution is 6.35. The second-order valence-corrected chi connectivity index (χ2v) is 7.21. The van der Waals surface area contributed by atoms with Crippen LogP contribution in [-0.4, -0.2) is 20.7 Å². The van der Waals surface area contributed by atoms with Crippen molar-refractivity contribution in [3.05, 3.63) is 63.6 Å². The lowest BCUT2D eigenvalue weighted by atomic mass is 10.1. The first-order chi connectivity index (χ1) is 13.5. The molecule has 3 aromatic rings. The molecule has 0 unspecified atom stereocenters. The van der Waals surface area contributed by atoms with E-state index in [-0.39, 0.29) is 5.95 Å². The summed E-state index contributed by atoms with van der Waals surface area (Å²) in [6.45, 7) is 4.15. The molecule has 2 aromatic heterocycles. The van der Waals surface area contributed by atoms with Crippen molar-refractivity contribution in [1.82, 2.24) is 14.5 Å². The van der Waals surface area contributed by atoms with Crippen molar-refractivity contribution < 1.29 is 4.84 Å². The standard InChI is InChI=1S/C20H17Cl2N5O/c1-11-8-24-28-15(12(2)17(11)21)10-27-9-14(13-6-4-3-5-7-13)16-18(22)25-20(23)26-19(16)27/h3-9H,10H2,1-2H3,(H2,23,25,26). The van der Waals surface area contributed by atoms with Crippen molar-refractivity contribution in [2.24, 2.45) is 5.16 Å². The minimum absolute atomic E-state index is 0.107. The number of oxime groups is 1. The lowest BCUT2D eigenvalue weighted by molar-refractivity contribution is 0.211. The summed E-state index contributed by atoms with van der Waals surface area (Å²) >= 11 is 12.9. The molecule has 1 aliphatic heterocycles. The summed E-state index contributed by atoms with van der Waals surface area (Å²) in [5.74, 6) is 0.721. The zero-order chi connectivity index (χ0) is 19.8. The Morgan fingerprint density at radius 3 is 2.61 bits per heavy atom. The van der Waals surface area contributed by atoms with E-state index in [1.807, 2.05) is 54.9 Å². The van der Waals surface area contributed by atoms with Crippen LogP contribution in [0, 0.1) is 0 Å². The van der Waals surface area contributed by atoms with Gasteiger partial charge in [-0.1, -0.05) is 58.7 Å². The van der Waals surface area contributed by atoms with Crippen LogP contribution in [-0.2, 0) is 11.4 Å². The average molecular weight is 414 g/mol. The van der Waals surface area contributed by atoms with Crippen LogP contribution >= 0.6 is 23.2 Å². The molecule has 142 valence electrons. The molecule has 28 heavy (non-hydrogen) atoms. The van der Waals surface area contributed by atoms with Crippen molar-refractivity contribution in [3.63, 3.8) is 0 Å². The fraction of sp³-hybridized carbons (Fsp3) is 0.150. The summed E-state index contributed by atoms with van der Waals surface area (Å²) in [7, 11) is 0. The molecule has 4 rings (SSSR count). The molecule has 0 saturated heterocycles. The zero-order valence-corrected chi connectivity index (χ0v) is 16.8. The Morgan fingerprint density at radius 1 is 1.11 bits per heavy atom. The van der Waals surface area contributed by atoms with Crippen LogP contribution in [0.2, 0.25) is 5.15 Å². The lowest BCUT2D eigenvalue weighted by Gasteiger charge is -2.10. The van der Waals surface area contributed by atoms with Crippen LogP contribution in [0.5, 0.6) is 0 Å². The van der Waals surface area contributed by atoms with Crippen LogP contribution in [0.15, 0.2) is 63.6 Å². The highest BCUT2D eigenvalue weighted by atomic mass is 35.5. The lowest BCUT2D eigenvalue weighted by Crippen LogP contribution is -2.05. The number of hydrogen-bond donors (Lipinski definition) is 1. The Bertz CT molecular complexity index is 1160. The van der Waals surface area contributed by atoms with E-state index in [2.05, 4.69) is 15.1 Å². The number of aromatic nitrogens is 3. The number of anilines is 1. The molecule has 3 heterocycles. The van der Waals surface area contributed by atoms with E-state index < -0.39 is 0 Å². The minimum atomic E-state index is 0.107. The highest BCUT2D eigenvalue weighted by Crippen LogP contribution is 2.35. The second kappa shape index (κ2) is 7.30. The molecule has 0 aliphatic carbocycles. The molecule has 0 amide bonds. The van der Waals surface area contributed by atoms with E-state index in [1.54, 1.807) is 6.21 Å². The Morgan fingerprint density at radius 2 is 1.86 bits per heavy atom. The van der Waals surface area contributed by atoms with E-state index in [1.165, 1.54) is 0 Å². The number of allylic oxidation sites excluding steroid dienone is 4. The molecule has 6 nitrogen and oxygen atoms in total. The van der Waals surface area contributed by atoms with Crippen LogP contribution in [0.1, 0.15) is 13.8 Å². The first-order valence-corrected chi connectivity index (χ1v) is 9.35. The summed E-state index contributed by atoms with van der Waals surface area (Å²) in [5.41, 5.74) is 10.0. The zero-order valence-electron chi connectivity index (χ0n) is 15.3. The van der Waals surface area contributed by atoms with Crippen molar-refractivity contribution in [1.29, 1.82) is 0 Å². The number of benzene rings is 1. The number of nitrogens with two attached hydrogens (primary N) is 1. The number of nitrogen functional groups attached to an aromatic ring is 1. The third-order valence-electron chi connectivity index (χ3n) is 4.59. The fourth-order valence-electron chi connectivity index (χ4n) is 3.13. The highest BCUT2D eigenvalue weighted by Gasteiger charge is 2.20. The maximum absolute atomic E-state index is 6.43. The van der Waals surface area contributed by atoms with E-state index >= 15 is 0 Å². The van der Waals surface area contributed by atoms with E-state index in [0.717, 1.165) is 27.7 Å². The number of fused-ring (bicyclic) bond motifs is 1. The molecule has 0 spiro atoms. The number of hydrogen-bond acceptors (Lipinski definition) is 5. The number of rotatable bonds is 3. The summed E-state index contributed by atoms with van der Waals surface area (Å²) < 4.78 is 1.92. The Labute approximate surface area is 171 Å². The number of halogens is 2. The summed E-state index contributed by atoms with van der Waals surface area (Å²) in [4.78, 5) is 14.1. The molecule has 2 N–H and O–H groups in total. The van der Waals surface area contributed by atoms with Crippen LogP contribution in [0.3, 0.4) is 0 Å². The normalized spacial score (nSPS) is 14.6. The average Bonchev–Trinajstić information content (AvgIpc) is 2.99. The maximum atomic E-state index is 6.43. The van der Waals surface area contributed by atoms with Gasteiger partial charge in [-0.05, 0) is 25.0 Å². The van der Waals surface area contributed by atoms with Crippen molar-refractivity contribution >= 4 is 46.4 Å². The van der Waals surface area contributed by atoms with Gasteiger partial charge < -0.3 is 15.1 Å². The quantitative estimate of drug-likeness (QED) is 0.603.